The number of ether oxygens (including phenoxy) is 2. The van der Waals surface area contributed by atoms with Crippen molar-refractivity contribution in [2.45, 2.75) is 39.5 Å². The van der Waals surface area contributed by atoms with Crippen molar-refractivity contribution < 1.29 is 14.3 Å². The summed E-state index contributed by atoms with van der Waals surface area (Å²) in [6.07, 6.45) is 4.19. The normalized spacial score (nSPS) is 18.6. The maximum atomic E-state index is 11.8. The molecular weight excluding hydrogens is 290 g/mol. The van der Waals surface area contributed by atoms with E-state index in [1.165, 1.54) is 5.56 Å². The number of hydrogen-bond donors (Lipinski definition) is 0. The molecule has 1 saturated heterocycles. The highest BCUT2D eigenvalue weighted by Crippen LogP contribution is 2.18. The molecule has 128 valence electrons. The largest absolute Gasteiger partial charge is 0.494 e. The Kier molecular flexibility index (Phi) is 7.40. The van der Waals surface area contributed by atoms with Gasteiger partial charge in [-0.3, -0.25) is 4.79 Å². The van der Waals surface area contributed by atoms with Crippen LogP contribution in [0.25, 0.3) is 0 Å². The number of nitrogens with zero attached hydrogens (tertiary/aromatic N) is 1. The standard InChI is InChI=1S/C19H29NO3/c1-3-22-19(21)17-7-6-13-20(15-17)12-4-5-14-23-18-10-8-16(2)9-11-18/h8-11,17H,3-7,12-15H2,1-2H3/t17-/m0/s1. The summed E-state index contributed by atoms with van der Waals surface area (Å²) in [6, 6.07) is 8.17. The van der Waals surface area contributed by atoms with E-state index in [1.54, 1.807) is 0 Å². The molecule has 0 aliphatic carbocycles. The minimum absolute atomic E-state index is 0.0279. The van der Waals surface area contributed by atoms with Crippen LogP contribution in [0, 0.1) is 12.8 Å². The number of rotatable bonds is 8. The first-order valence-corrected chi connectivity index (χ1v) is 8.77. The minimum Gasteiger partial charge on any atom is -0.494 e. The maximum absolute atomic E-state index is 11.8. The zero-order valence-corrected chi connectivity index (χ0v) is 14.4. The van der Waals surface area contributed by atoms with Gasteiger partial charge in [-0.25, -0.2) is 0 Å². The molecule has 0 aromatic heterocycles. The van der Waals surface area contributed by atoms with E-state index in [-0.39, 0.29) is 11.9 Å². The molecule has 2 rings (SSSR count). The van der Waals surface area contributed by atoms with E-state index in [0.717, 1.165) is 57.7 Å². The molecule has 1 atom stereocenters. The van der Waals surface area contributed by atoms with E-state index in [9.17, 15) is 4.79 Å². The van der Waals surface area contributed by atoms with Crippen LogP contribution in [0.1, 0.15) is 38.2 Å². The fourth-order valence-corrected chi connectivity index (χ4v) is 2.97. The van der Waals surface area contributed by atoms with Crippen LogP contribution in [-0.4, -0.2) is 43.7 Å². The number of likely N-dealkylation sites (tertiary alicyclic amines) is 1. The third-order valence-corrected chi connectivity index (χ3v) is 4.28. The average molecular weight is 319 g/mol. The Hall–Kier alpha value is -1.55. The summed E-state index contributed by atoms with van der Waals surface area (Å²) >= 11 is 0. The number of unbranched alkanes of at least 4 members (excludes halogenated alkanes) is 1. The molecule has 1 heterocycles. The van der Waals surface area contributed by atoms with Crippen LogP contribution >= 0.6 is 0 Å². The van der Waals surface area contributed by atoms with Crippen molar-refractivity contribution in [1.29, 1.82) is 0 Å². The molecule has 1 aromatic carbocycles. The summed E-state index contributed by atoms with van der Waals surface area (Å²) in [6.45, 7) is 8.14. The van der Waals surface area contributed by atoms with Crippen molar-refractivity contribution in [2.24, 2.45) is 5.92 Å². The van der Waals surface area contributed by atoms with Crippen molar-refractivity contribution in [3.05, 3.63) is 29.8 Å². The molecule has 0 radical (unpaired) electrons. The Morgan fingerprint density at radius 1 is 1.26 bits per heavy atom. The molecule has 0 bridgehead atoms. The Bertz CT molecular complexity index is 472. The van der Waals surface area contributed by atoms with E-state index in [4.69, 9.17) is 9.47 Å². The lowest BCUT2D eigenvalue weighted by molar-refractivity contribution is -0.149. The second-order valence-electron chi connectivity index (χ2n) is 6.26. The quantitative estimate of drug-likeness (QED) is 0.543. The van der Waals surface area contributed by atoms with Crippen LogP contribution in [0.5, 0.6) is 5.75 Å². The first-order valence-electron chi connectivity index (χ1n) is 8.77. The van der Waals surface area contributed by atoms with Crippen molar-refractivity contribution in [2.75, 3.05) is 32.8 Å². The van der Waals surface area contributed by atoms with Crippen molar-refractivity contribution in [1.82, 2.24) is 4.90 Å². The van der Waals surface area contributed by atoms with Crippen molar-refractivity contribution in [3.63, 3.8) is 0 Å². The monoisotopic (exact) mass is 319 g/mol. The van der Waals surface area contributed by atoms with Gasteiger partial charge in [0.25, 0.3) is 0 Å². The number of carbonyl (C=O) groups excluding carboxylic acids is 1. The van der Waals surface area contributed by atoms with Gasteiger partial charge in [0, 0.05) is 6.54 Å². The molecule has 0 unspecified atom stereocenters. The van der Waals surface area contributed by atoms with Crippen LogP contribution in [0.3, 0.4) is 0 Å². The van der Waals surface area contributed by atoms with Gasteiger partial charge in [0.15, 0.2) is 0 Å². The summed E-state index contributed by atoms with van der Waals surface area (Å²) in [5.41, 5.74) is 1.25. The second kappa shape index (κ2) is 9.56. The van der Waals surface area contributed by atoms with Crippen LogP contribution in [0.4, 0.5) is 0 Å². The number of aryl methyl sites for hydroxylation is 1. The lowest BCUT2D eigenvalue weighted by Crippen LogP contribution is -2.39. The highest BCUT2D eigenvalue weighted by molar-refractivity contribution is 5.72. The summed E-state index contributed by atoms with van der Waals surface area (Å²) in [7, 11) is 0. The maximum Gasteiger partial charge on any atom is 0.310 e. The molecule has 1 aliphatic rings. The summed E-state index contributed by atoms with van der Waals surface area (Å²) in [5.74, 6) is 0.975. The number of carbonyl (C=O) groups is 1. The van der Waals surface area contributed by atoms with Gasteiger partial charge < -0.3 is 14.4 Å². The van der Waals surface area contributed by atoms with Crippen LogP contribution < -0.4 is 4.74 Å². The smallest absolute Gasteiger partial charge is 0.310 e. The second-order valence-corrected chi connectivity index (χ2v) is 6.26. The molecule has 1 aromatic rings. The first-order chi connectivity index (χ1) is 11.2. The van der Waals surface area contributed by atoms with Crippen LogP contribution in [0.15, 0.2) is 24.3 Å². The van der Waals surface area contributed by atoms with Crippen LogP contribution in [0.2, 0.25) is 0 Å². The topological polar surface area (TPSA) is 38.8 Å². The number of piperidine rings is 1. The molecule has 1 aliphatic heterocycles. The predicted octanol–water partition coefficient (Wildman–Crippen LogP) is 3.43. The van der Waals surface area contributed by atoms with Crippen LogP contribution in [-0.2, 0) is 9.53 Å². The number of benzene rings is 1. The number of esters is 1. The predicted molar refractivity (Wildman–Crippen MR) is 91.7 cm³/mol. The molecule has 4 heteroatoms. The molecule has 4 nitrogen and oxygen atoms in total. The van der Waals surface area contributed by atoms with Crippen molar-refractivity contribution in [3.8, 4) is 5.75 Å². The van der Waals surface area contributed by atoms with E-state index >= 15 is 0 Å². The van der Waals surface area contributed by atoms with E-state index in [0.29, 0.717) is 6.61 Å². The third kappa shape index (κ3) is 6.22. The van der Waals surface area contributed by atoms with E-state index in [1.807, 2.05) is 19.1 Å². The zero-order valence-electron chi connectivity index (χ0n) is 14.4. The Balaban J connectivity index is 1.60. The lowest BCUT2D eigenvalue weighted by atomic mass is 9.98. The lowest BCUT2D eigenvalue weighted by Gasteiger charge is -2.31. The molecule has 23 heavy (non-hydrogen) atoms. The van der Waals surface area contributed by atoms with E-state index < -0.39 is 0 Å². The van der Waals surface area contributed by atoms with Gasteiger partial charge >= 0.3 is 5.97 Å². The third-order valence-electron chi connectivity index (χ3n) is 4.28. The summed E-state index contributed by atoms with van der Waals surface area (Å²) < 4.78 is 10.9. The zero-order chi connectivity index (χ0) is 16.5. The van der Waals surface area contributed by atoms with Crippen molar-refractivity contribution >= 4 is 5.97 Å². The molecular formula is C19H29NO3. The van der Waals surface area contributed by atoms with Gasteiger partial charge in [-0.2, -0.15) is 0 Å². The van der Waals surface area contributed by atoms with Gasteiger partial charge in [0.2, 0.25) is 0 Å². The van der Waals surface area contributed by atoms with Gasteiger partial charge in [0.1, 0.15) is 5.75 Å². The van der Waals surface area contributed by atoms with Gasteiger partial charge in [-0.05, 0) is 64.8 Å². The van der Waals surface area contributed by atoms with Gasteiger partial charge in [-0.15, -0.1) is 0 Å². The minimum atomic E-state index is -0.0279. The van der Waals surface area contributed by atoms with Gasteiger partial charge in [-0.1, -0.05) is 17.7 Å². The fraction of sp³-hybridized carbons (Fsp3) is 0.632. The fourth-order valence-electron chi connectivity index (χ4n) is 2.97. The molecule has 0 N–H and O–H groups in total. The van der Waals surface area contributed by atoms with E-state index in [2.05, 4.69) is 24.0 Å². The first kappa shape index (κ1) is 17.8. The highest BCUT2D eigenvalue weighted by atomic mass is 16.5. The molecule has 0 amide bonds. The van der Waals surface area contributed by atoms with Gasteiger partial charge in [0.05, 0.1) is 19.1 Å². The molecule has 0 saturated carbocycles. The Labute approximate surface area is 139 Å². The molecule has 0 spiro atoms. The SMILES string of the molecule is CCOC(=O)[C@H]1CCCN(CCCCOc2ccc(C)cc2)C1. The molecule has 1 fully saturated rings. The highest BCUT2D eigenvalue weighted by Gasteiger charge is 2.26. The number of hydrogen-bond acceptors (Lipinski definition) is 4. The Morgan fingerprint density at radius 2 is 2.04 bits per heavy atom. The summed E-state index contributed by atoms with van der Waals surface area (Å²) in [4.78, 5) is 14.2. The summed E-state index contributed by atoms with van der Waals surface area (Å²) in [5, 5.41) is 0. The average Bonchev–Trinajstić information content (AvgIpc) is 2.57. The Morgan fingerprint density at radius 3 is 2.78 bits per heavy atom.